The summed E-state index contributed by atoms with van der Waals surface area (Å²) in [4.78, 5) is 4.17. The van der Waals surface area contributed by atoms with Gasteiger partial charge in [-0.3, -0.25) is 0 Å². The van der Waals surface area contributed by atoms with Crippen molar-refractivity contribution >= 4 is 5.82 Å². The van der Waals surface area contributed by atoms with Gasteiger partial charge in [0.05, 0.1) is 5.56 Å². The molecule has 3 heteroatoms. The molecule has 0 spiro atoms. The van der Waals surface area contributed by atoms with E-state index in [1.54, 1.807) is 6.20 Å². The van der Waals surface area contributed by atoms with E-state index < -0.39 is 0 Å². The molecule has 0 saturated heterocycles. The van der Waals surface area contributed by atoms with Gasteiger partial charge in [0.15, 0.2) is 0 Å². The zero-order valence-electron chi connectivity index (χ0n) is 9.38. The second-order valence-corrected chi connectivity index (χ2v) is 3.63. The lowest BCUT2D eigenvalue weighted by Crippen LogP contribution is -2.03. The van der Waals surface area contributed by atoms with Gasteiger partial charge < -0.3 is 5.32 Å². The fourth-order valence-corrected chi connectivity index (χ4v) is 1.36. The number of nitriles is 1. The van der Waals surface area contributed by atoms with Gasteiger partial charge in [-0.05, 0) is 25.0 Å². The number of nitrogens with one attached hydrogen (secondary N) is 1. The monoisotopic (exact) mass is 203 g/mol. The number of aromatic nitrogens is 1. The molecule has 0 amide bonds. The van der Waals surface area contributed by atoms with E-state index in [0.717, 1.165) is 24.3 Å². The van der Waals surface area contributed by atoms with Crippen molar-refractivity contribution in [3.8, 4) is 6.07 Å². The van der Waals surface area contributed by atoms with Gasteiger partial charge in [0.2, 0.25) is 0 Å². The molecule has 0 aliphatic carbocycles. The predicted molar refractivity (Wildman–Crippen MR) is 61.7 cm³/mol. The number of unbranched alkanes of at least 4 members (excludes halogenated alkanes) is 2. The van der Waals surface area contributed by atoms with E-state index in [1.165, 1.54) is 12.8 Å². The highest BCUT2D eigenvalue weighted by Gasteiger charge is 1.99. The van der Waals surface area contributed by atoms with E-state index in [9.17, 15) is 0 Å². The Labute approximate surface area is 91.1 Å². The Kier molecular flexibility index (Phi) is 4.62. The smallest absolute Gasteiger partial charge is 0.126 e. The highest BCUT2D eigenvalue weighted by Crippen LogP contribution is 2.10. The van der Waals surface area contributed by atoms with E-state index in [2.05, 4.69) is 23.3 Å². The molecule has 0 saturated carbocycles. The van der Waals surface area contributed by atoms with Crippen LogP contribution >= 0.6 is 0 Å². The van der Waals surface area contributed by atoms with Crippen molar-refractivity contribution in [2.24, 2.45) is 0 Å². The van der Waals surface area contributed by atoms with Crippen LogP contribution in [0.5, 0.6) is 0 Å². The summed E-state index contributed by atoms with van der Waals surface area (Å²) in [5.41, 5.74) is 1.62. The summed E-state index contributed by atoms with van der Waals surface area (Å²) in [5, 5.41) is 12.0. The lowest BCUT2D eigenvalue weighted by molar-refractivity contribution is 0.742. The number of rotatable bonds is 5. The molecule has 1 aromatic rings. The Balaban J connectivity index is 2.49. The fourth-order valence-electron chi connectivity index (χ4n) is 1.36. The molecule has 3 nitrogen and oxygen atoms in total. The maximum atomic E-state index is 8.74. The van der Waals surface area contributed by atoms with E-state index in [-0.39, 0.29) is 0 Å². The van der Waals surface area contributed by atoms with E-state index >= 15 is 0 Å². The third-order valence-electron chi connectivity index (χ3n) is 2.32. The average molecular weight is 203 g/mol. The van der Waals surface area contributed by atoms with Crippen LogP contribution in [0.2, 0.25) is 0 Å². The van der Waals surface area contributed by atoms with Crippen molar-refractivity contribution in [2.45, 2.75) is 33.1 Å². The molecule has 1 heterocycles. The number of hydrogen-bond donors (Lipinski definition) is 1. The predicted octanol–water partition coefficient (Wildman–Crippen LogP) is 2.86. The normalized spacial score (nSPS) is 9.67. The molecule has 0 fully saturated rings. The highest BCUT2D eigenvalue weighted by molar-refractivity contribution is 5.44. The molecule has 1 aromatic heterocycles. The molecule has 15 heavy (non-hydrogen) atoms. The minimum absolute atomic E-state index is 0.647. The first kappa shape index (κ1) is 11.5. The Morgan fingerprint density at radius 2 is 2.27 bits per heavy atom. The first-order valence-corrected chi connectivity index (χ1v) is 5.38. The van der Waals surface area contributed by atoms with Gasteiger partial charge in [0.25, 0.3) is 0 Å². The minimum Gasteiger partial charge on any atom is -0.370 e. The minimum atomic E-state index is 0.647. The number of anilines is 1. The van der Waals surface area contributed by atoms with Crippen molar-refractivity contribution in [2.75, 3.05) is 11.9 Å². The van der Waals surface area contributed by atoms with Crippen molar-refractivity contribution in [3.05, 3.63) is 23.4 Å². The molecule has 0 atom stereocenters. The third-order valence-corrected chi connectivity index (χ3v) is 2.32. The largest absolute Gasteiger partial charge is 0.370 e. The summed E-state index contributed by atoms with van der Waals surface area (Å²) >= 11 is 0. The maximum absolute atomic E-state index is 8.74. The SMILES string of the molecule is CCCCCNc1cc(C)c(C#N)cn1. The van der Waals surface area contributed by atoms with Gasteiger partial charge >= 0.3 is 0 Å². The number of nitrogens with zero attached hydrogens (tertiary/aromatic N) is 2. The molecule has 0 aromatic carbocycles. The average Bonchev–Trinajstić information content (AvgIpc) is 2.25. The van der Waals surface area contributed by atoms with E-state index in [4.69, 9.17) is 5.26 Å². The zero-order chi connectivity index (χ0) is 11.1. The van der Waals surface area contributed by atoms with Crippen LogP contribution in [0.1, 0.15) is 37.3 Å². The maximum Gasteiger partial charge on any atom is 0.126 e. The molecule has 0 aliphatic rings. The van der Waals surface area contributed by atoms with Gasteiger partial charge in [0, 0.05) is 12.7 Å². The van der Waals surface area contributed by atoms with Gasteiger partial charge in [-0.15, -0.1) is 0 Å². The Bertz CT molecular complexity index is 352. The first-order valence-electron chi connectivity index (χ1n) is 5.38. The summed E-state index contributed by atoms with van der Waals surface area (Å²) in [7, 11) is 0. The summed E-state index contributed by atoms with van der Waals surface area (Å²) in [6.07, 6.45) is 5.25. The standard InChI is InChI=1S/C12H17N3/c1-3-4-5-6-14-12-7-10(2)11(8-13)9-15-12/h7,9H,3-6H2,1-2H3,(H,14,15). The molecule has 0 aliphatic heterocycles. The van der Waals surface area contributed by atoms with Crippen LogP contribution in [0.4, 0.5) is 5.82 Å². The summed E-state index contributed by atoms with van der Waals surface area (Å²) < 4.78 is 0. The van der Waals surface area contributed by atoms with Crippen LogP contribution in [-0.4, -0.2) is 11.5 Å². The van der Waals surface area contributed by atoms with Gasteiger partial charge in [-0.2, -0.15) is 5.26 Å². The summed E-state index contributed by atoms with van der Waals surface area (Å²) in [6.45, 7) is 5.06. The molecule has 1 rings (SSSR count). The topological polar surface area (TPSA) is 48.7 Å². The van der Waals surface area contributed by atoms with Crippen molar-refractivity contribution in [1.29, 1.82) is 5.26 Å². The molecular weight excluding hydrogens is 186 g/mol. The number of pyridine rings is 1. The van der Waals surface area contributed by atoms with Gasteiger partial charge in [-0.25, -0.2) is 4.98 Å². The third kappa shape index (κ3) is 3.59. The molecule has 0 bridgehead atoms. The van der Waals surface area contributed by atoms with Crippen LogP contribution in [0.3, 0.4) is 0 Å². The van der Waals surface area contributed by atoms with Crippen LogP contribution in [0, 0.1) is 18.3 Å². The fraction of sp³-hybridized carbons (Fsp3) is 0.500. The zero-order valence-corrected chi connectivity index (χ0v) is 9.38. The lowest BCUT2D eigenvalue weighted by Gasteiger charge is -2.06. The summed E-state index contributed by atoms with van der Waals surface area (Å²) in [6, 6.07) is 4.03. The second-order valence-electron chi connectivity index (χ2n) is 3.63. The van der Waals surface area contributed by atoms with Crippen LogP contribution in [0.25, 0.3) is 0 Å². The number of aryl methyl sites for hydroxylation is 1. The van der Waals surface area contributed by atoms with E-state index in [0.29, 0.717) is 5.56 Å². The molecule has 80 valence electrons. The Hall–Kier alpha value is -1.56. The summed E-state index contributed by atoms with van der Waals surface area (Å²) in [5.74, 6) is 0.864. The van der Waals surface area contributed by atoms with Crippen LogP contribution in [0.15, 0.2) is 12.3 Å². The van der Waals surface area contributed by atoms with Gasteiger partial charge in [0.1, 0.15) is 11.9 Å². The Morgan fingerprint density at radius 1 is 1.47 bits per heavy atom. The molecular formula is C12H17N3. The quantitative estimate of drug-likeness (QED) is 0.748. The van der Waals surface area contributed by atoms with Crippen LogP contribution in [-0.2, 0) is 0 Å². The van der Waals surface area contributed by atoms with Crippen molar-refractivity contribution in [3.63, 3.8) is 0 Å². The van der Waals surface area contributed by atoms with Gasteiger partial charge in [-0.1, -0.05) is 19.8 Å². The highest BCUT2D eigenvalue weighted by atomic mass is 15.0. The number of hydrogen-bond acceptors (Lipinski definition) is 3. The first-order chi connectivity index (χ1) is 7.27. The van der Waals surface area contributed by atoms with Crippen molar-refractivity contribution < 1.29 is 0 Å². The Morgan fingerprint density at radius 3 is 2.87 bits per heavy atom. The second kappa shape index (κ2) is 6.02. The molecule has 1 N–H and O–H groups in total. The molecule has 0 unspecified atom stereocenters. The molecule has 0 radical (unpaired) electrons. The lowest BCUT2D eigenvalue weighted by atomic mass is 10.2. The van der Waals surface area contributed by atoms with E-state index in [1.807, 2.05) is 13.0 Å². The van der Waals surface area contributed by atoms with Crippen LogP contribution < -0.4 is 5.32 Å². The van der Waals surface area contributed by atoms with Crippen molar-refractivity contribution in [1.82, 2.24) is 4.98 Å².